The molecule has 2 aromatic rings. The molecular weight excluding hydrogens is 650 g/mol. The number of aromatic nitrogens is 1. The van der Waals surface area contributed by atoms with Crippen molar-refractivity contribution in [1.82, 2.24) is 14.2 Å². The van der Waals surface area contributed by atoms with Gasteiger partial charge in [0.25, 0.3) is 10.0 Å². The highest BCUT2D eigenvalue weighted by molar-refractivity contribution is 8.00. The zero-order chi connectivity index (χ0) is 36.1. The van der Waals surface area contributed by atoms with Crippen molar-refractivity contribution in [2.75, 3.05) is 33.3 Å². The standard InChI is InChI=1S/C25H36N2O5S2.C7H17NO5/c1-24(2,3)18-14-17(15-19(22(18)28)25(4,5)6)33-16-10-12-27(13-11-16)34(31,32)21-9-8-20(23(29)30)26(21)7;1-8-2-4(10)6(12)7(13)5(11)3-9/h8-9,14-16,28H,10-13H2,1-7H3,(H,29,30);4-13H,2-3H2,1H3. The first-order chi connectivity index (χ1) is 21.6. The molecule has 268 valence electrons. The number of aliphatic hydroxyl groups excluding tert-OH is 5. The zero-order valence-electron chi connectivity index (χ0n) is 28.5. The van der Waals surface area contributed by atoms with Gasteiger partial charge in [-0.1, -0.05) is 41.5 Å². The molecule has 3 rings (SSSR count). The van der Waals surface area contributed by atoms with Gasteiger partial charge in [0.05, 0.1) is 12.7 Å². The third-order valence-corrected chi connectivity index (χ3v) is 11.3. The Morgan fingerprint density at radius 3 is 1.85 bits per heavy atom. The molecule has 1 aliphatic heterocycles. The predicted octanol–water partition coefficient (Wildman–Crippen LogP) is 1.61. The molecule has 47 heavy (non-hydrogen) atoms. The predicted molar refractivity (Wildman–Crippen MR) is 181 cm³/mol. The van der Waals surface area contributed by atoms with Gasteiger partial charge in [-0.3, -0.25) is 0 Å². The molecule has 4 unspecified atom stereocenters. The molecule has 0 radical (unpaired) electrons. The van der Waals surface area contributed by atoms with Crippen LogP contribution in [0.5, 0.6) is 5.75 Å². The number of carboxylic acids is 1. The SMILES string of the molecule is CNCC(O)C(O)C(O)C(O)CO.Cn1c(C(=O)O)ccc1S(=O)(=O)N1CCC(Sc2cc(C(C)(C)C)c(O)c(C(C)(C)C)c2)CC1. The van der Waals surface area contributed by atoms with Crippen molar-refractivity contribution < 1.29 is 49.0 Å². The Bertz CT molecular complexity index is 1410. The minimum absolute atomic E-state index is 0.000763. The van der Waals surface area contributed by atoms with E-state index in [0.29, 0.717) is 31.7 Å². The number of aromatic carboxylic acids is 1. The fourth-order valence-electron chi connectivity index (χ4n) is 5.19. The van der Waals surface area contributed by atoms with Gasteiger partial charge >= 0.3 is 5.97 Å². The number of hydrogen-bond donors (Lipinski definition) is 8. The molecular formula is C32H53N3O10S2. The van der Waals surface area contributed by atoms with Crippen LogP contribution in [-0.4, -0.2) is 122 Å². The van der Waals surface area contributed by atoms with Crippen molar-refractivity contribution in [2.24, 2.45) is 7.05 Å². The molecule has 1 aromatic heterocycles. The van der Waals surface area contributed by atoms with Crippen molar-refractivity contribution in [3.63, 3.8) is 0 Å². The maximum Gasteiger partial charge on any atom is 0.352 e. The number of carbonyl (C=O) groups is 1. The molecule has 15 heteroatoms. The first kappa shape index (κ1) is 41.0. The second-order valence-corrected chi connectivity index (χ2v) is 17.1. The Morgan fingerprint density at radius 2 is 1.45 bits per heavy atom. The lowest BCUT2D eigenvalue weighted by atomic mass is 9.79. The highest BCUT2D eigenvalue weighted by Gasteiger charge is 2.34. The summed E-state index contributed by atoms with van der Waals surface area (Å²) in [6.07, 6.45) is -4.27. The van der Waals surface area contributed by atoms with Crippen molar-refractivity contribution in [3.8, 4) is 5.75 Å². The smallest absolute Gasteiger partial charge is 0.352 e. The third-order valence-electron chi connectivity index (χ3n) is 8.04. The van der Waals surface area contributed by atoms with E-state index in [-0.39, 0.29) is 33.3 Å². The van der Waals surface area contributed by atoms with Crippen LogP contribution in [0, 0.1) is 0 Å². The molecule has 8 N–H and O–H groups in total. The Kier molecular flexibility index (Phi) is 14.3. The molecule has 0 amide bonds. The second-order valence-electron chi connectivity index (χ2n) is 13.9. The van der Waals surface area contributed by atoms with Crippen LogP contribution in [0.1, 0.15) is 76.0 Å². The molecule has 0 saturated carbocycles. The molecule has 2 heterocycles. The Labute approximate surface area is 282 Å². The number of thioether (sulfide) groups is 1. The number of nitrogens with one attached hydrogen (secondary N) is 1. The first-order valence-corrected chi connectivity index (χ1v) is 17.8. The molecule has 13 nitrogen and oxygen atoms in total. The lowest BCUT2D eigenvalue weighted by Gasteiger charge is -2.32. The van der Waals surface area contributed by atoms with Gasteiger partial charge in [-0.2, -0.15) is 4.31 Å². The van der Waals surface area contributed by atoms with Crippen molar-refractivity contribution in [1.29, 1.82) is 0 Å². The first-order valence-electron chi connectivity index (χ1n) is 15.5. The molecule has 1 aliphatic rings. The van der Waals surface area contributed by atoms with E-state index < -0.39 is 47.0 Å². The summed E-state index contributed by atoms with van der Waals surface area (Å²) in [4.78, 5) is 12.4. The highest BCUT2D eigenvalue weighted by Crippen LogP contribution is 2.43. The van der Waals surface area contributed by atoms with E-state index in [1.165, 1.54) is 28.1 Å². The van der Waals surface area contributed by atoms with Crippen LogP contribution in [-0.2, 0) is 27.9 Å². The molecule has 1 fully saturated rings. The number of likely N-dealkylation sites (N-methyl/N-ethyl adjacent to an activating group) is 1. The average molecular weight is 704 g/mol. The maximum atomic E-state index is 13.1. The van der Waals surface area contributed by atoms with Gasteiger partial charge in [-0.05, 0) is 55.0 Å². The Balaban J connectivity index is 0.000000500. The molecule has 0 aliphatic carbocycles. The van der Waals surface area contributed by atoms with Crippen LogP contribution in [0.25, 0.3) is 0 Å². The molecule has 0 bridgehead atoms. The van der Waals surface area contributed by atoms with E-state index in [1.807, 2.05) is 0 Å². The lowest BCUT2D eigenvalue weighted by molar-refractivity contribution is -0.113. The molecule has 1 saturated heterocycles. The normalized spacial score (nSPS) is 17.8. The summed E-state index contributed by atoms with van der Waals surface area (Å²) < 4.78 is 28.9. The number of phenolic OH excluding ortho intramolecular Hbond substituents is 1. The Morgan fingerprint density at radius 1 is 0.957 bits per heavy atom. The van der Waals surface area contributed by atoms with Crippen molar-refractivity contribution in [2.45, 2.75) is 105 Å². The number of phenols is 1. The van der Waals surface area contributed by atoms with Crippen LogP contribution >= 0.6 is 11.8 Å². The quantitative estimate of drug-likeness (QED) is 0.168. The highest BCUT2D eigenvalue weighted by atomic mass is 32.2. The number of aliphatic hydroxyl groups is 5. The van der Waals surface area contributed by atoms with E-state index in [2.05, 4.69) is 59.0 Å². The van der Waals surface area contributed by atoms with Gasteiger partial charge in [-0.15, -0.1) is 11.8 Å². The number of rotatable bonds is 11. The van der Waals surface area contributed by atoms with E-state index in [4.69, 9.17) is 20.4 Å². The fraction of sp³-hybridized carbons (Fsp3) is 0.656. The number of sulfonamides is 1. The summed E-state index contributed by atoms with van der Waals surface area (Å²) in [5.41, 5.74) is 1.37. The van der Waals surface area contributed by atoms with E-state index in [0.717, 1.165) is 16.0 Å². The monoisotopic (exact) mass is 703 g/mol. The van der Waals surface area contributed by atoms with Crippen LogP contribution in [0.2, 0.25) is 0 Å². The third kappa shape index (κ3) is 10.4. The van der Waals surface area contributed by atoms with Gasteiger partial charge in [0, 0.05) is 48.0 Å². The molecule has 1 aromatic carbocycles. The summed E-state index contributed by atoms with van der Waals surface area (Å²) in [6, 6.07) is 6.81. The van der Waals surface area contributed by atoms with Crippen LogP contribution in [0.3, 0.4) is 0 Å². The number of benzene rings is 1. The van der Waals surface area contributed by atoms with Gasteiger partial charge in [-0.25, -0.2) is 13.2 Å². The number of carboxylic acid groups (broad SMARTS) is 1. The lowest BCUT2D eigenvalue weighted by Crippen LogP contribution is -2.48. The van der Waals surface area contributed by atoms with Crippen molar-refractivity contribution >= 4 is 27.8 Å². The number of nitrogens with zero attached hydrogens (tertiary/aromatic N) is 2. The van der Waals surface area contributed by atoms with Crippen LogP contribution in [0.15, 0.2) is 34.2 Å². The van der Waals surface area contributed by atoms with Gasteiger partial charge in [0.15, 0.2) is 5.03 Å². The van der Waals surface area contributed by atoms with Crippen LogP contribution < -0.4 is 5.32 Å². The van der Waals surface area contributed by atoms with Crippen molar-refractivity contribution in [3.05, 3.63) is 41.1 Å². The largest absolute Gasteiger partial charge is 0.507 e. The summed E-state index contributed by atoms with van der Waals surface area (Å²) in [6.45, 7) is 12.7. The summed E-state index contributed by atoms with van der Waals surface area (Å²) >= 11 is 1.74. The molecule has 4 atom stereocenters. The minimum atomic E-state index is -3.77. The zero-order valence-corrected chi connectivity index (χ0v) is 30.1. The topological polar surface area (TPSA) is 213 Å². The van der Waals surface area contributed by atoms with E-state index in [9.17, 15) is 28.5 Å². The summed E-state index contributed by atoms with van der Waals surface area (Å²) in [7, 11) is -0.733. The maximum absolute atomic E-state index is 13.1. The van der Waals surface area contributed by atoms with E-state index in [1.54, 1.807) is 18.8 Å². The second kappa shape index (κ2) is 16.5. The fourth-order valence-corrected chi connectivity index (χ4v) is 8.04. The van der Waals surface area contributed by atoms with Gasteiger partial charge in [0.1, 0.15) is 29.8 Å². The number of piperidine rings is 1. The molecule has 0 spiro atoms. The van der Waals surface area contributed by atoms with Crippen LogP contribution in [0.4, 0.5) is 0 Å². The minimum Gasteiger partial charge on any atom is -0.507 e. The average Bonchev–Trinajstić information content (AvgIpc) is 3.38. The number of hydrogen-bond acceptors (Lipinski definition) is 11. The summed E-state index contributed by atoms with van der Waals surface area (Å²) in [5, 5.41) is 67.9. The number of aromatic hydroxyl groups is 1. The summed E-state index contributed by atoms with van der Waals surface area (Å²) in [5.74, 6) is -0.800. The van der Waals surface area contributed by atoms with E-state index >= 15 is 0 Å². The van der Waals surface area contributed by atoms with Gasteiger partial charge < -0.3 is 45.6 Å². The van der Waals surface area contributed by atoms with Gasteiger partial charge in [0.2, 0.25) is 0 Å². The Hall–Kier alpha value is -2.21.